The second kappa shape index (κ2) is 6.13. The van der Waals surface area contributed by atoms with Crippen molar-refractivity contribution in [2.45, 2.75) is 44.3 Å². The van der Waals surface area contributed by atoms with Gasteiger partial charge in [-0.15, -0.1) is 0 Å². The molecule has 0 bridgehead atoms. The van der Waals surface area contributed by atoms with Gasteiger partial charge in [0.15, 0.2) is 0 Å². The fourth-order valence-electron chi connectivity index (χ4n) is 2.60. The first-order valence-corrected chi connectivity index (χ1v) is 7.25. The van der Waals surface area contributed by atoms with Crippen LogP contribution in [0.1, 0.15) is 31.2 Å². The zero-order chi connectivity index (χ0) is 13.1. The molecule has 1 aromatic carbocycles. The minimum absolute atomic E-state index is 0.127. The lowest BCUT2D eigenvalue weighted by atomic mass is 9.91. The number of benzene rings is 1. The van der Waals surface area contributed by atoms with Gasteiger partial charge < -0.3 is 5.73 Å². The van der Waals surface area contributed by atoms with Crippen LogP contribution in [0.3, 0.4) is 0 Å². The fraction of sp³-hybridized carbons (Fsp3) is 0.571. The summed E-state index contributed by atoms with van der Waals surface area (Å²) in [6, 6.07) is 6.00. The minimum atomic E-state index is -0.127. The highest BCUT2D eigenvalue weighted by Crippen LogP contribution is 2.24. The van der Waals surface area contributed by atoms with Crippen LogP contribution in [0, 0.1) is 5.82 Å². The quantitative estimate of drug-likeness (QED) is 0.927. The van der Waals surface area contributed by atoms with E-state index in [4.69, 9.17) is 5.73 Å². The Bertz CT molecular complexity index is 403. The van der Waals surface area contributed by atoms with E-state index in [0.717, 1.165) is 35.7 Å². The van der Waals surface area contributed by atoms with Gasteiger partial charge in [-0.2, -0.15) is 0 Å². The van der Waals surface area contributed by atoms with Crippen molar-refractivity contribution in [1.29, 1.82) is 0 Å². The number of rotatable bonds is 3. The minimum Gasteiger partial charge on any atom is -0.328 e. The standard InChI is InChI=1S/C14H20BrFN2/c1-18(13-5-3-12(17)4-6-13)9-10-8-11(15)2-7-14(10)16/h2,7-8,12-13H,3-6,9,17H2,1H3. The Morgan fingerprint density at radius 2 is 2.00 bits per heavy atom. The van der Waals surface area contributed by atoms with E-state index in [2.05, 4.69) is 27.9 Å². The lowest BCUT2D eigenvalue weighted by Gasteiger charge is -2.33. The normalized spacial score (nSPS) is 24.5. The van der Waals surface area contributed by atoms with Crippen LogP contribution in [0.15, 0.2) is 22.7 Å². The topological polar surface area (TPSA) is 29.3 Å². The molecule has 2 N–H and O–H groups in total. The van der Waals surface area contributed by atoms with Crippen molar-refractivity contribution in [3.8, 4) is 0 Å². The maximum Gasteiger partial charge on any atom is 0.127 e. The van der Waals surface area contributed by atoms with E-state index in [1.165, 1.54) is 6.07 Å². The van der Waals surface area contributed by atoms with E-state index < -0.39 is 0 Å². The second-order valence-electron chi connectivity index (χ2n) is 5.22. The van der Waals surface area contributed by atoms with E-state index >= 15 is 0 Å². The number of nitrogens with two attached hydrogens (primary N) is 1. The van der Waals surface area contributed by atoms with Gasteiger partial charge in [-0.05, 0) is 50.9 Å². The van der Waals surface area contributed by atoms with Crippen molar-refractivity contribution in [1.82, 2.24) is 4.90 Å². The van der Waals surface area contributed by atoms with E-state index in [1.54, 1.807) is 6.07 Å². The number of hydrogen-bond donors (Lipinski definition) is 1. The van der Waals surface area contributed by atoms with Gasteiger partial charge in [0.2, 0.25) is 0 Å². The van der Waals surface area contributed by atoms with Crippen LogP contribution in [0.2, 0.25) is 0 Å². The molecular weight excluding hydrogens is 295 g/mol. The molecule has 2 nitrogen and oxygen atoms in total. The molecule has 0 atom stereocenters. The smallest absolute Gasteiger partial charge is 0.127 e. The largest absolute Gasteiger partial charge is 0.328 e. The number of nitrogens with zero attached hydrogens (tertiary/aromatic N) is 1. The van der Waals surface area contributed by atoms with E-state index in [0.29, 0.717) is 18.6 Å². The molecule has 1 aromatic rings. The number of hydrogen-bond acceptors (Lipinski definition) is 2. The molecule has 18 heavy (non-hydrogen) atoms. The van der Waals surface area contributed by atoms with Gasteiger partial charge in [0.1, 0.15) is 5.82 Å². The molecule has 2 rings (SSSR count). The molecule has 0 radical (unpaired) electrons. The van der Waals surface area contributed by atoms with Crippen LogP contribution >= 0.6 is 15.9 Å². The molecule has 0 spiro atoms. The lowest BCUT2D eigenvalue weighted by Crippen LogP contribution is -2.38. The molecule has 1 aliphatic carbocycles. The van der Waals surface area contributed by atoms with Gasteiger partial charge in [0, 0.05) is 28.7 Å². The highest BCUT2D eigenvalue weighted by Gasteiger charge is 2.22. The lowest BCUT2D eigenvalue weighted by molar-refractivity contribution is 0.174. The third-order valence-corrected chi connectivity index (χ3v) is 4.29. The van der Waals surface area contributed by atoms with Gasteiger partial charge in [-0.3, -0.25) is 4.90 Å². The Morgan fingerprint density at radius 3 is 2.67 bits per heavy atom. The summed E-state index contributed by atoms with van der Waals surface area (Å²) in [4.78, 5) is 2.25. The van der Waals surface area contributed by atoms with Gasteiger partial charge in [-0.1, -0.05) is 15.9 Å². The zero-order valence-corrected chi connectivity index (χ0v) is 12.3. The van der Waals surface area contributed by atoms with Crippen molar-refractivity contribution >= 4 is 15.9 Å². The second-order valence-corrected chi connectivity index (χ2v) is 6.14. The van der Waals surface area contributed by atoms with Crippen LogP contribution in [0.4, 0.5) is 4.39 Å². The fourth-order valence-corrected chi connectivity index (χ4v) is 3.01. The molecule has 0 aliphatic heterocycles. The van der Waals surface area contributed by atoms with Gasteiger partial charge in [0.25, 0.3) is 0 Å². The molecule has 4 heteroatoms. The van der Waals surface area contributed by atoms with E-state index in [1.807, 2.05) is 6.07 Å². The maximum absolute atomic E-state index is 13.7. The maximum atomic E-state index is 13.7. The Hall–Kier alpha value is -0.450. The summed E-state index contributed by atoms with van der Waals surface area (Å²) in [5.41, 5.74) is 6.66. The summed E-state index contributed by atoms with van der Waals surface area (Å²) < 4.78 is 14.6. The highest BCUT2D eigenvalue weighted by atomic mass is 79.9. The Labute approximate surface area is 116 Å². The predicted molar refractivity (Wildman–Crippen MR) is 75.8 cm³/mol. The average Bonchev–Trinajstić information content (AvgIpc) is 2.34. The third kappa shape index (κ3) is 3.53. The Morgan fingerprint density at radius 1 is 1.33 bits per heavy atom. The van der Waals surface area contributed by atoms with Crippen molar-refractivity contribution in [3.05, 3.63) is 34.1 Å². The summed E-state index contributed by atoms with van der Waals surface area (Å²) in [6.45, 7) is 0.658. The Kier molecular flexibility index (Phi) is 4.76. The Balaban J connectivity index is 1.98. The highest BCUT2D eigenvalue weighted by molar-refractivity contribution is 9.10. The SMILES string of the molecule is CN(Cc1cc(Br)ccc1F)C1CCC(N)CC1. The van der Waals surface area contributed by atoms with E-state index in [9.17, 15) is 4.39 Å². The molecule has 0 amide bonds. The van der Waals surface area contributed by atoms with Crippen LogP contribution in [0.5, 0.6) is 0 Å². The van der Waals surface area contributed by atoms with Gasteiger partial charge >= 0.3 is 0 Å². The molecule has 0 saturated heterocycles. The summed E-state index contributed by atoms with van der Waals surface area (Å²) in [6.07, 6.45) is 4.40. The van der Waals surface area contributed by atoms with Gasteiger partial charge in [0.05, 0.1) is 0 Å². The average molecular weight is 315 g/mol. The van der Waals surface area contributed by atoms with Crippen molar-refractivity contribution in [3.63, 3.8) is 0 Å². The van der Waals surface area contributed by atoms with Crippen LogP contribution in [-0.4, -0.2) is 24.0 Å². The first kappa shape index (κ1) is 14.0. The van der Waals surface area contributed by atoms with Crippen LogP contribution in [0.25, 0.3) is 0 Å². The molecule has 1 aliphatic rings. The van der Waals surface area contributed by atoms with E-state index in [-0.39, 0.29) is 5.82 Å². The van der Waals surface area contributed by atoms with Gasteiger partial charge in [-0.25, -0.2) is 4.39 Å². The van der Waals surface area contributed by atoms with Crippen molar-refractivity contribution in [2.75, 3.05) is 7.05 Å². The zero-order valence-electron chi connectivity index (χ0n) is 10.7. The molecule has 0 heterocycles. The molecule has 1 fully saturated rings. The molecule has 0 aromatic heterocycles. The summed E-state index contributed by atoms with van der Waals surface area (Å²) in [5, 5.41) is 0. The first-order valence-electron chi connectivity index (χ1n) is 6.46. The molecule has 0 unspecified atom stereocenters. The molecule has 100 valence electrons. The summed E-state index contributed by atoms with van der Waals surface area (Å²) in [5.74, 6) is -0.127. The number of halogens is 2. The third-order valence-electron chi connectivity index (χ3n) is 3.79. The monoisotopic (exact) mass is 314 g/mol. The summed E-state index contributed by atoms with van der Waals surface area (Å²) in [7, 11) is 2.07. The van der Waals surface area contributed by atoms with Crippen molar-refractivity contribution < 1.29 is 4.39 Å². The van der Waals surface area contributed by atoms with Crippen molar-refractivity contribution in [2.24, 2.45) is 5.73 Å². The summed E-state index contributed by atoms with van der Waals surface area (Å²) >= 11 is 3.39. The van der Waals surface area contributed by atoms with Crippen LogP contribution in [-0.2, 0) is 6.54 Å². The molecule has 1 saturated carbocycles. The van der Waals surface area contributed by atoms with Crippen LogP contribution < -0.4 is 5.73 Å². The molecular formula is C14H20BrFN2. The predicted octanol–water partition coefficient (Wildman–Crippen LogP) is 3.29. The first-order chi connectivity index (χ1) is 8.56.